The number of aromatic nitrogens is 1. The van der Waals surface area contributed by atoms with Crippen molar-refractivity contribution in [2.24, 2.45) is 5.92 Å². The molecular formula is C24H26N4O4. The molecule has 0 radical (unpaired) electrons. The van der Waals surface area contributed by atoms with Crippen LogP contribution in [-0.4, -0.2) is 49.4 Å². The zero-order chi connectivity index (χ0) is 22.5. The van der Waals surface area contributed by atoms with Gasteiger partial charge < -0.3 is 25.3 Å². The first-order valence-electron chi connectivity index (χ1n) is 10.6. The first-order chi connectivity index (χ1) is 15.5. The van der Waals surface area contributed by atoms with Crippen LogP contribution in [0.4, 0.5) is 5.69 Å². The number of para-hydroxylation sites is 1. The predicted molar refractivity (Wildman–Crippen MR) is 121 cm³/mol. The van der Waals surface area contributed by atoms with Gasteiger partial charge in [0, 0.05) is 54.9 Å². The van der Waals surface area contributed by atoms with Crippen LogP contribution in [0.25, 0.3) is 10.9 Å². The van der Waals surface area contributed by atoms with Crippen LogP contribution in [0.2, 0.25) is 0 Å². The van der Waals surface area contributed by atoms with Gasteiger partial charge >= 0.3 is 0 Å². The normalized spacial score (nSPS) is 15.7. The topological polar surface area (TPSA) is 104 Å². The van der Waals surface area contributed by atoms with Crippen molar-refractivity contribution < 1.29 is 19.1 Å². The standard InChI is InChI=1S/C24H26N4O4/c1-32-19-6-4-5-18(13-19)28-15-17(12-23(28)30)24(31)26-10-9-25-22(29)11-16-14-27-21-8-3-2-7-20(16)21/h2-8,13-14,17,27H,9-12,15H2,1H3,(H,25,29)(H,26,31)/t17-/m1/s1. The van der Waals surface area contributed by atoms with Crippen LogP contribution < -0.4 is 20.3 Å². The van der Waals surface area contributed by atoms with Gasteiger partial charge in [-0.15, -0.1) is 0 Å². The van der Waals surface area contributed by atoms with E-state index in [4.69, 9.17) is 4.74 Å². The summed E-state index contributed by atoms with van der Waals surface area (Å²) >= 11 is 0. The van der Waals surface area contributed by atoms with Gasteiger partial charge in [0.15, 0.2) is 0 Å². The average molecular weight is 434 g/mol. The first kappa shape index (κ1) is 21.4. The Morgan fingerprint density at radius 1 is 1.12 bits per heavy atom. The van der Waals surface area contributed by atoms with Crippen molar-refractivity contribution in [2.45, 2.75) is 12.8 Å². The highest BCUT2D eigenvalue weighted by Crippen LogP contribution is 2.28. The largest absolute Gasteiger partial charge is 0.497 e. The van der Waals surface area contributed by atoms with Crippen molar-refractivity contribution >= 4 is 34.3 Å². The molecule has 2 aromatic carbocycles. The number of anilines is 1. The zero-order valence-corrected chi connectivity index (χ0v) is 17.9. The van der Waals surface area contributed by atoms with Crippen LogP contribution in [0.5, 0.6) is 5.75 Å². The molecule has 3 N–H and O–H groups in total. The van der Waals surface area contributed by atoms with E-state index >= 15 is 0 Å². The van der Waals surface area contributed by atoms with E-state index in [0.717, 1.165) is 16.5 Å². The summed E-state index contributed by atoms with van der Waals surface area (Å²) in [6.07, 6.45) is 2.28. The smallest absolute Gasteiger partial charge is 0.227 e. The first-order valence-corrected chi connectivity index (χ1v) is 10.6. The maximum absolute atomic E-state index is 12.5. The van der Waals surface area contributed by atoms with E-state index in [1.54, 1.807) is 24.1 Å². The van der Waals surface area contributed by atoms with E-state index in [9.17, 15) is 14.4 Å². The van der Waals surface area contributed by atoms with Gasteiger partial charge in [0.05, 0.1) is 19.4 Å². The zero-order valence-electron chi connectivity index (χ0n) is 17.9. The molecule has 0 spiro atoms. The lowest BCUT2D eigenvalue weighted by atomic mass is 10.1. The van der Waals surface area contributed by atoms with E-state index in [1.807, 2.05) is 42.6 Å². The highest BCUT2D eigenvalue weighted by Gasteiger charge is 2.35. The summed E-state index contributed by atoms with van der Waals surface area (Å²) in [4.78, 5) is 41.9. The number of carbonyl (C=O) groups excluding carboxylic acids is 3. The molecule has 8 heteroatoms. The predicted octanol–water partition coefficient (Wildman–Crippen LogP) is 2.00. The fourth-order valence-corrected chi connectivity index (χ4v) is 3.96. The number of fused-ring (bicyclic) bond motifs is 1. The molecule has 3 aromatic rings. The molecule has 0 aliphatic carbocycles. The molecule has 3 amide bonds. The molecule has 4 rings (SSSR count). The number of aromatic amines is 1. The second-order valence-corrected chi connectivity index (χ2v) is 7.78. The van der Waals surface area contributed by atoms with E-state index < -0.39 is 5.92 Å². The van der Waals surface area contributed by atoms with Gasteiger partial charge in [-0.05, 0) is 23.8 Å². The molecule has 0 saturated carbocycles. The molecule has 1 aliphatic rings. The van der Waals surface area contributed by atoms with Gasteiger partial charge in [-0.3, -0.25) is 14.4 Å². The van der Waals surface area contributed by atoms with Crippen LogP contribution in [0.3, 0.4) is 0 Å². The Labute approximate surface area is 185 Å². The molecule has 0 unspecified atom stereocenters. The van der Waals surface area contributed by atoms with Crippen LogP contribution in [0.15, 0.2) is 54.7 Å². The lowest BCUT2D eigenvalue weighted by Crippen LogP contribution is -2.38. The maximum Gasteiger partial charge on any atom is 0.227 e. The minimum atomic E-state index is -0.421. The molecule has 1 aliphatic heterocycles. The van der Waals surface area contributed by atoms with Gasteiger partial charge in [-0.2, -0.15) is 0 Å². The van der Waals surface area contributed by atoms with Crippen molar-refractivity contribution in [2.75, 3.05) is 31.6 Å². The molecule has 1 atom stereocenters. The molecule has 32 heavy (non-hydrogen) atoms. The summed E-state index contributed by atoms with van der Waals surface area (Å²) in [7, 11) is 1.57. The lowest BCUT2D eigenvalue weighted by Gasteiger charge is -2.17. The molecular weight excluding hydrogens is 408 g/mol. The Kier molecular flexibility index (Phi) is 6.39. The van der Waals surface area contributed by atoms with E-state index in [-0.39, 0.29) is 30.6 Å². The van der Waals surface area contributed by atoms with Crippen molar-refractivity contribution in [3.8, 4) is 5.75 Å². The number of rotatable bonds is 8. The number of hydrogen-bond acceptors (Lipinski definition) is 4. The lowest BCUT2D eigenvalue weighted by molar-refractivity contribution is -0.126. The second-order valence-electron chi connectivity index (χ2n) is 7.78. The number of carbonyl (C=O) groups is 3. The summed E-state index contributed by atoms with van der Waals surface area (Å²) < 4.78 is 5.21. The quantitative estimate of drug-likeness (QED) is 0.472. The number of H-pyrrole nitrogens is 1. The van der Waals surface area contributed by atoms with Crippen LogP contribution >= 0.6 is 0 Å². The third-order valence-corrected chi connectivity index (χ3v) is 5.63. The summed E-state index contributed by atoms with van der Waals surface area (Å²) in [5, 5.41) is 6.68. The number of benzene rings is 2. The number of amides is 3. The Morgan fingerprint density at radius 2 is 1.94 bits per heavy atom. The average Bonchev–Trinajstić information content (AvgIpc) is 3.40. The van der Waals surface area contributed by atoms with Gasteiger partial charge in [-0.1, -0.05) is 24.3 Å². The number of hydrogen-bond donors (Lipinski definition) is 3. The minimum Gasteiger partial charge on any atom is -0.497 e. The van der Waals surface area contributed by atoms with Crippen molar-refractivity contribution in [1.82, 2.24) is 15.6 Å². The third kappa shape index (κ3) is 4.74. The fourth-order valence-electron chi connectivity index (χ4n) is 3.96. The van der Waals surface area contributed by atoms with Gasteiger partial charge in [0.1, 0.15) is 5.75 Å². The Bertz CT molecular complexity index is 1140. The molecule has 1 saturated heterocycles. The number of methoxy groups -OCH3 is 1. The Balaban J connectivity index is 1.22. The fraction of sp³-hybridized carbons (Fsp3) is 0.292. The second kappa shape index (κ2) is 9.55. The number of nitrogens with one attached hydrogen (secondary N) is 3. The molecule has 1 fully saturated rings. The summed E-state index contributed by atoms with van der Waals surface area (Å²) in [5.74, 6) is -0.147. The highest BCUT2D eigenvalue weighted by atomic mass is 16.5. The highest BCUT2D eigenvalue weighted by molar-refractivity contribution is 6.00. The Hall–Kier alpha value is -3.81. The molecule has 166 valence electrons. The Morgan fingerprint density at radius 3 is 2.78 bits per heavy atom. The van der Waals surface area contributed by atoms with E-state index in [2.05, 4.69) is 15.6 Å². The van der Waals surface area contributed by atoms with Gasteiger partial charge in [0.25, 0.3) is 0 Å². The monoisotopic (exact) mass is 434 g/mol. The van der Waals surface area contributed by atoms with Crippen LogP contribution in [-0.2, 0) is 20.8 Å². The van der Waals surface area contributed by atoms with Crippen molar-refractivity contribution in [1.29, 1.82) is 0 Å². The summed E-state index contributed by atoms with van der Waals surface area (Å²) in [6, 6.07) is 15.1. The molecule has 1 aromatic heterocycles. The van der Waals surface area contributed by atoms with Crippen LogP contribution in [0, 0.1) is 5.92 Å². The summed E-state index contributed by atoms with van der Waals surface area (Å²) in [6.45, 7) is 0.959. The molecule has 2 heterocycles. The third-order valence-electron chi connectivity index (χ3n) is 5.63. The number of ether oxygens (including phenoxy) is 1. The SMILES string of the molecule is COc1cccc(N2C[C@H](C(=O)NCCNC(=O)Cc3c[nH]c4ccccc34)CC2=O)c1. The van der Waals surface area contributed by atoms with Crippen molar-refractivity contribution in [3.05, 3.63) is 60.3 Å². The van der Waals surface area contributed by atoms with E-state index in [1.165, 1.54) is 0 Å². The number of nitrogens with zero attached hydrogens (tertiary/aromatic N) is 1. The van der Waals surface area contributed by atoms with Gasteiger partial charge in [0.2, 0.25) is 17.7 Å². The van der Waals surface area contributed by atoms with Crippen molar-refractivity contribution in [3.63, 3.8) is 0 Å². The van der Waals surface area contributed by atoms with Crippen LogP contribution in [0.1, 0.15) is 12.0 Å². The molecule has 8 nitrogen and oxygen atoms in total. The minimum absolute atomic E-state index is 0.0922. The summed E-state index contributed by atoms with van der Waals surface area (Å²) in [5.41, 5.74) is 2.65. The van der Waals surface area contributed by atoms with E-state index in [0.29, 0.717) is 31.1 Å². The maximum atomic E-state index is 12.5. The van der Waals surface area contributed by atoms with Gasteiger partial charge in [-0.25, -0.2) is 0 Å². The molecule has 0 bridgehead atoms.